The average Bonchev–Trinajstić information content (AvgIpc) is 2.86. The van der Waals surface area contributed by atoms with Crippen LogP contribution in [0.5, 0.6) is 11.5 Å². The molecule has 1 N–H and O–H groups in total. The van der Waals surface area contributed by atoms with E-state index in [1.807, 2.05) is 13.0 Å². The van der Waals surface area contributed by atoms with Gasteiger partial charge in [0, 0.05) is 6.54 Å². The number of rotatable bonds is 7. The van der Waals surface area contributed by atoms with E-state index >= 15 is 0 Å². The van der Waals surface area contributed by atoms with Gasteiger partial charge in [0.1, 0.15) is 5.70 Å². The zero-order valence-corrected chi connectivity index (χ0v) is 17.6. The van der Waals surface area contributed by atoms with E-state index in [9.17, 15) is 9.59 Å². The highest BCUT2D eigenvalue weighted by Crippen LogP contribution is 2.34. The van der Waals surface area contributed by atoms with E-state index in [4.69, 9.17) is 26.4 Å². The van der Waals surface area contributed by atoms with Crippen LogP contribution in [0.2, 0.25) is 0 Å². The molecule has 1 aliphatic heterocycles. The second kappa shape index (κ2) is 9.17. The lowest BCUT2D eigenvalue weighted by molar-refractivity contribution is -0.145. The summed E-state index contributed by atoms with van der Waals surface area (Å²) in [7, 11) is 1.51. The van der Waals surface area contributed by atoms with Crippen molar-refractivity contribution in [1.82, 2.24) is 10.2 Å². The number of carbonyl (C=O) groups excluding carboxylic acids is 2. The van der Waals surface area contributed by atoms with Crippen molar-refractivity contribution < 1.29 is 23.8 Å². The molecular formula is C17H19IN2O5S. The van der Waals surface area contributed by atoms with E-state index < -0.39 is 5.97 Å². The predicted octanol–water partition coefficient (Wildman–Crippen LogP) is 2.32. The standard InChI is InChI=1S/C17H19IN2O5S/c1-4-20-16(22)12(19-17(20)26)7-10-6-11(18)15(13(8-10)23-3)25-9-14(21)24-5-2/h6-8H,4-5,9H2,1-3H3,(H,19,26)/b12-7-. The number of halogens is 1. The lowest BCUT2D eigenvalue weighted by atomic mass is 10.1. The Balaban J connectivity index is 2.26. The largest absolute Gasteiger partial charge is 0.493 e. The molecule has 2 rings (SSSR count). The lowest BCUT2D eigenvalue weighted by Gasteiger charge is -2.13. The summed E-state index contributed by atoms with van der Waals surface area (Å²) in [6.07, 6.45) is 1.70. The maximum Gasteiger partial charge on any atom is 0.344 e. The van der Waals surface area contributed by atoms with Gasteiger partial charge in [-0.05, 0) is 72.4 Å². The van der Waals surface area contributed by atoms with Crippen molar-refractivity contribution in [2.24, 2.45) is 0 Å². The molecule has 9 heteroatoms. The van der Waals surface area contributed by atoms with Gasteiger partial charge in [0.05, 0.1) is 17.3 Å². The molecular weight excluding hydrogens is 471 g/mol. The lowest BCUT2D eigenvalue weighted by Crippen LogP contribution is -2.30. The number of carbonyl (C=O) groups is 2. The van der Waals surface area contributed by atoms with Crippen molar-refractivity contribution in [3.05, 3.63) is 27.0 Å². The fraction of sp³-hybridized carbons (Fsp3) is 0.353. The molecule has 0 bridgehead atoms. The molecule has 0 unspecified atom stereocenters. The molecule has 1 amide bonds. The number of esters is 1. The fourth-order valence-electron chi connectivity index (χ4n) is 2.32. The van der Waals surface area contributed by atoms with Crippen LogP contribution in [0.15, 0.2) is 17.8 Å². The first-order chi connectivity index (χ1) is 12.4. The highest BCUT2D eigenvalue weighted by molar-refractivity contribution is 14.1. The minimum Gasteiger partial charge on any atom is -0.493 e. The van der Waals surface area contributed by atoms with Crippen LogP contribution in [0, 0.1) is 3.57 Å². The first-order valence-corrected chi connectivity index (χ1v) is 9.40. The van der Waals surface area contributed by atoms with Crippen molar-refractivity contribution >= 4 is 57.9 Å². The number of benzene rings is 1. The molecule has 1 aromatic rings. The Morgan fingerprint density at radius 2 is 2.12 bits per heavy atom. The minimum absolute atomic E-state index is 0.172. The van der Waals surface area contributed by atoms with Gasteiger partial charge in [0.15, 0.2) is 23.2 Å². The van der Waals surface area contributed by atoms with Gasteiger partial charge < -0.3 is 19.5 Å². The molecule has 0 atom stereocenters. The number of likely N-dealkylation sites (N-methyl/N-ethyl adjacent to an activating group) is 1. The third-order valence-corrected chi connectivity index (χ3v) is 4.60. The fourth-order valence-corrected chi connectivity index (χ4v) is 3.43. The Morgan fingerprint density at radius 3 is 2.69 bits per heavy atom. The van der Waals surface area contributed by atoms with Crippen molar-refractivity contribution in [1.29, 1.82) is 0 Å². The molecule has 0 aromatic heterocycles. The molecule has 7 nitrogen and oxygen atoms in total. The monoisotopic (exact) mass is 490 g/mol. The summed E-state index contributed by atoms with van der Waals surface area (Å²) in [5.41, 5.74) is 1.14. The summed E-state index contributed by atoms with van der Waals surface area (Å²) in [6.45, 7) is 4.18. The van der Waals surface area contributed by atoms with Crippen molar-refractivity contribution in [2.75, 3.05) is 26.9 Å². The Morgan fingerprint density at radius 1 is 1.38 bits per heavy atom. The van der Waals surface area contributed by atoms with Crippen molar-refractivity contribution in [2.45, 2.75) is 13.8 Å². The molecule has 1 aliphatic rings. The summed E-state index contributed by atoms with van der Waals surface area (Å²) in [4.78, 5) is 25.3. The Bertz CT molecular complexity index is 766. The van der Waals surface area contributed by atoms with Crippen LogP contribution >= 0.6 is 34.8 Å². The van der Waals surface area contributed by atoms with E-state index in [-0.39, 0.29) is 12.5 Å². The second-order valence-corrected chi connectivity index (χ2v) is 6.71. The van der Waals surface area contributed by atoms with Gasteiger partial charge in [0.2, 0.25) is 0 Å². The SMILES string of the molecule is CCOC(=O)COc1c(I)cc(/C=C2\NC(=S)N(CC)C2=O)cc1OC. The molecule has 0 aliphatic carbocycles. The van der Waals surface area contributed by atoms with Crippen LogP contribution in [-0.4, -0.2) is 48.8 Å². The minimum atomic E-state index is -0.453. The van der Waals surface area contributed by atoms with Crippen LogP contribution in [0.4, 0.5) is 0 Å². The average molecular weight is 490 g/mol. The van der Waals surface area contributed by atoms with E-state index in [0.717, 1.165) is 9.13 Å². The quantitative estimate of drug-likeness (QED) is 0.272. The predicted molar refractivity (Wildman–Crippen MR) is 109 cm³/mol. The van der Waals surface area contributed by atoms with Gasteiger partial charge in [-0.1, -0.05) is 0 Å². The summed E-state index contributed by atoms with van der Waals surface area (Å²) < 4.78 is 16.5. The Kier molecular flexibility index (Phi) is 7.21. The number of hydrogen-bond donors (Lipinski definition) is 1. The third-order valence-electron chi connectivity index (χ3n) is 3.48. The molecule has 0 saturated carbocycles. The molecule has 0 radical (unpaired) electrons. The normalized spacial score (nSPS) is 15.2. The van der Waals surface area contributed by atoms with Gasteiger partial charge in [-0.15, -0.1) is 0 Å². The first kappa shape index (κ1) is 20.4. The molecule has 26 heavy (non-hydrogen) atoms. The molecule has 1 heterocycles. The third kappa shape index (κ3) is 4.64. The summed E-state index contributed by atoms with van der Waals surface area (Å²) >= 11 is 7.23. The van der Waals surface area contributed by atoms with Gasteiger partial charge >= 0.3 is 5.97 Å². The van der Waals surface area contributed by atoms with Crippen molar-refractivity contribution in [3.63, 3.8) is 0 Å². The number of methoxy groups -OCH3 is 1. The first-order valence-electron chi connectivity index (χ1n) is 7.91. The number of amides is 1. The van der Waals surface area contributed by atoms with Gasteiger partial charge in [-0.25, -0.2) is 4.79 Å². The Hall–Kier alpha value is -1.88. The summed E-state index contributed by atoms with van der Waals surface area (Å²) in [5, 5.41) is 3.30. The molecule has 0 spiro atoms. The molecule has 1 saturated heterocycles. The number of nitrogens with one attached hydrogen (secondary N) is 1. The maximum absolute atomic E-state index is 12.3. The zero-order valence-electron chi connectivity index (χ0n) is 14.6. The molecule has 1 aromatic carbocycles. The van der Waals surface area contributed by atoms with E-state index in [1.165, 1.54) is 12.0 Å². The molecule has 140 valence electrons. The van der Waals surface area contributed by atoms with E-state index in [1.54, 1.807) is 19.1 Å². The number of hydrogen-bond acceptors (Lipinski definition) is 6. The van der Waals surface area contributed by atoms with Crippen LogP contribution in [0.1, 0.15) is 19.4 Å². The van der Waals surface area contributed by atoms with Crippen LogP contribution in [0.3, 0.4) is 0 Å². The molecule has 1 fully saturated rings. The number of thiocarbonyl (C=S) groups is 1. The van der Waals surface area contributed by atoms with Gasteiger partial charge in [0.25, 0.3) is 5.91 Å². The van der Waals surface area contributed by atoms with Crippen LogP contribution < -0.4 is 14.8 Å². The summed E-state index contributed by atoms with van der Waals surface area (Å²) in [5.74, 6) is 0.271. The second-order valence-electron chi connectivity index (χ2n) is 5.17. The number of ether oxygens (including phenoxy) is 3. The smallest absolute Gasteiger partial charge is 0.344 e. The highest BCUT2D eigenvalue weighted by atomic mass is 127. The van der Waals surface area contributed by atoms with Crippen LogP contribution in [0.25, 0.3) is 6.08 Å². The highest BCUT2D eigenvalue weighted by Gasteiger charge is 2.29. The summed E-state index contributed by atoms with van der Waals surface area (Å²) in [6, 6.07) is 3.55. The van der Waals surface area contributed by atoms with E-state index in [0.29, 0.717) is 35.5 Å². The van der Waals surface area contributed by atoms with Crippen molar-refractivity contribution in [3.8, 4) is 11.5 Å². The van der Waals surface area contributed by atoms with Gasteiger partial charge in [-0.3, -0.25) is 9.69 Å². The van der Waals surface area contributed by atoms with E-state index in [2.05, 4.69) is 27.9 Å². The van der Waals surface area contributed by atoms with Gasteiger partial charge in [-0.2, -0.15) is 0 Å². The zero-order chi connectivity index (χ0) is 19.3. The topological polar surface area (TPSA) is 77.1 Å². The van der Waals surface area contributed by atoms with Crippen LogP contribution in [-0.2, 0) is 14.3 Å². The maximum atomic E-state index is 12.3. The number of nitrogens with zero attached hydrogens (tertiary/aromatic N) is 1. The Labute approximate surface area is 170 Å².